The van der Waals surface area contributed by atoms with Crippen LogP contribution in [-0.4, -0.2) is 25.1 Å². The van der Waals surface area contributed by atoms with Gasteiger partial charge in [0.2, 0.25) is 0 Å². The van der Waals surface area contributed by atoms with Gasteiger partial charge in [0.15, 0.2) is 25.1 Å². The molecule has 0 amide bonds. The first kappa shape index (κ1) is 49.0. The average molecular weight is 1100 g/mol. The minimum absolute atomic E-state index is 0.709. The van der Waals surface area contributed by atoms with E-state index in [1.54, 1.807) is 12.1 Å². The number of carbonyl (C=O) groups is 4. The van der Waals surface area contributed by atoms with E-state index < -0.39 is 0 Å². The van der Waals surface area contributed by atoms with Gasteiger partial charge in [-0.25, -0.2) is 0 Å². The molecule has 0 N–H and O–H groups in total. The molecular formula is C80H42N2O4. The van der Waals surface area contributed by atoms with Gasteiger partial charge in [-0.05, 0) is 172 Å². The lowest BCUT2D eigenvalue weighted by Gasteiger charge is -2.25. The molecule has 0 aliphatic heterocycles. The van der Waals surface area contributed by atoms with Gasteiger partial charge < -0.3 is 0 Å². The van der Waals surface area contributed by atoms with Crippen molar-refractivity contribution in [2.45, 2.75) is 13.8 Å². The number of fused-ring (bicyclic) bond motifs is 16. The molecule has 0 fully saturated rings. The van der Waals surface area contributed by atoms with Crippen molar-refractivity contribution in [3.63, 3.8) is 0 Å². The number of nitrogens with zero attached hydrogens (tertiary/aromatic N) is 2. The predicted octanol–water partition coefficient (Wildman–Crippen LogP) is 21.1. The molecule has 20 aromatic rings. The lowest BCUT2D eigenvalue weighted by Crippen LogP contribution is -1.99. The number of aldehydes is 4. The normalized spacial score (nSPS) is 12.0. The van der Waals surface area contributed by atoms with Gasteiger partial charge in [-0.2, -0.15) is 10.5 Å². The second-order valence-electron chi connectivity index (χ2n) is 22.6. The average Bonchev–Trinajstić information content (AvgIpc) is 0.674. The highest BCUT2D eigenvalue weighted by molar-refractivity contribution is 6.57. The zero-order valence-electron chi connectivity index (χ0n) is 46.3. The highest BCUT2D eigenvalue weighted by Crippen LogP contribution is 2.58. The molecule has 0 aliphatic carbocycles. The van der Waals surface area contributed by atoms with Crippen LogP contribution in [0.3, 0.4) is 0 Å². The van der Waals surface area contributed by atoms with Gasteiger partial charge in [0, 0.05) is 57.6 Å². The predicted molar refractivity (Wildman–Crippen MR) is 359 cm³/mol. The van der Waals surface area contributed by atoms with Crippen molar-refractivity contribution in [3.8, 4) is 12.1 Å². The summed E-state index contributed by atoms with van der Waals surface area (Å²) in [7, 11) is 0. The van der Waals surface area contributed by atoms with Gasteiger partial charge in [0.25, 0.3) is 0 Å². The molecule has 0 radical (unpaired) electrons. The Balaban J connectivity index is 0.000000123. The van der Waals surface area contributed by atoms with E-state index in [9.17, 15) is 19.2 Å². The summed E-state index contributed by atoms with van der Waals surface area (Å²) in [6.07, 6.45) is 4.03. The van der Waals surface area contributed by atoms with Crippen molar-refractivity contribution in [1.82, 2.24) is 0 Å². The molecule has 0 atom stereocenters. The first-order valence-corrected chi connectivity index (χ1v) is 28.6. The van der Waals surface area contributed by atoms with Crippen LogP contribution < -0.4 is 0 Å². The monoisotopic (exact) mass is 1090 g/mol. The number of hydrogen-bond donors (Lipinski definition) is 0. The van der Waals surface area contributed by atoms with Crippen molar-refractivity contribution < 1.29 is 19.2 Å². The smallest absolute Gasteiger partial charge is 0.150 e. The Hall–Kier alpha value is -11.7. The molecule has 0 heterocycles. The summed E-state index contributed by atoms with van der Waals surface area (Å²) in [5.74, 6) is 0. The van der Waals surface area contributed by atoms with Gasteiger partial charge in [0.05, 0.1) is 12.1 Å². The van der Waals surface area contributed by atoms with Gasteiger partial charge >= 0.3 is 0 Å². The van der Waals surface area contributed by atoms with Crippen LogP contribution in [0.15, 0.2) is 194 Å². The van der Waals surface area contributed by atoms with E-state index in [1.165, 1.54) is 78.5 Å². The molecule has 0 aliphatic rings. The van der Waals surface area contributed by atoms with Crippen LogP contribution in [0.5, 0.6) is 0 Å². The van der Waals surface area contributed by atoms with Crippen molar-refractivity contribution >= 4 is 219 Å². The number of rotatable bonds is 4. The van der Waals surface area contributed by atoms with E-state index in [4.69, 9.17) is 10.5 Å². The van der Waals surface area contributed by atoms with E-state index in [0.29, 0.717) is 22.3 Å². The minimum Gasteiger partial charge on any atom is -0.298 e. The second-order valence-corrected chi connectivity index (χ2v) is 22.6. The molecule has 6 nitrogen and oxygen atoms in total. The van der Waals surface area contributed by atoms with Crippen molar-refractivity contribution in [2.24, 2.45) is 0 Å². The lowest BCUT2D eigenvalue weighted by molar-refractivity contribution is 0.111. The zero-order valence-corrected chi connectivity index (χ0v) is 46.3. The Morgan fingerprint density at radius 1 is 0.209 bits per heavy atom. The quantitative estimate of drug-likeness (QED) is 0.0985. The van der Waals surface area contributed by atoms with E-state index in [-0.39, 0.29) is 0 Å². The molecule has 0 aromatic heterocycles. The van der Waals surface area contributed by atoms with Crippen molar-refractivity contribution in [2.75, 3.05) is 0 Å². The third-order valence-electron chi connectivity index (χ3n) is 18.8. The maximum atomic E-state index is 12.7. The second kappa shape index (κ2) is 17.9. The van der Waals surface area contributed by atoms with Crippen molar-refractivity contribution in [1.29, 1.82) is 10.5 Å². The molecule has 0 unspecified atom stereocenters. The molecule has 0 bridgehead atoms. The largest absolute Gasteiger partial charge is 0.298 e. The maximum absolute atomic E-state index is 12.7. The molecular weight excluding hydrogens is 1050 g/mol. The number of carbonyl (C=O) groups excluding carboxylic acids is 4. The molecule has 0 spiro atoms. The number of nitriles is 2. The minimum atomic E-state index is 0.709. The van der Waals surface area contributed by atoms with Crippen LogP contribution in [0.2, 0.25) is 0 Å². The van der Waals surface area contributed by atoms with Crippen LogP contribution >= 0.6 is 0 Å². The van der Waals surface area contributed by atoms with Gasteiger partial charge in [-0.1, -0.05) is 194 Å². The van der Waals surface area contributed by atoms with Crippen LogP contribution in [0.4, 0.5) is 0 Å². The molecule has 20 aromatic carbocycles. The summed E-state index contributed by atoms with van der Waals surface area (Å²) < 4.78 is 0. The summed E-state index contributed by atoms with van der Waals surface area (Å²) in [6.45, 7) is 2.86. The molecule has 86 heavy (non-hydrogen) atoms. The molecule has 20 rings (SSSR count). The maximum Gasteiger partial charge on any atom is 0.150 e. The Morgan fingerprint density at radius 3 is 0.570 bits per heavy atom. The lowest BCUT2D eigenvalue weighted by atomic mass is 9.77. The third kappa shape index (κ3) is 5.96. The highest BCUT2D eigenvalue weighted by Gasteiger charge is 2.30. The fourth-order valence-corrected chi connectivity index (χ4v) is 16.0. The highest BCUT2D eigenvalue weighted by atomic mass is 16.1. The Bertz CT molecular complexity index is 5690. The van der Waals surface area contributed by atoms with E-state index in [2.05, 4.69) is 170 Å². The Morgan fingerprint density at radius 2 is 0.372 bits per heavy atom. The fraction of sp³-hybridized carbons (Fsp3) is 0.0250. The van der Waals surface area contributed by atoms with Crippen LogP contribution in [0.1, 0.15) is 55.3 Å². The summed E-state index contributed by atoms with van der Waals surface area (Å²) in [4.78, 5) is 50.7. The molecule has 0 saturated heterocycles. The molecule has 6 heteroatoms. The van der Waals surface area contributed by atoms with Crippen LogP contribution in [-0.2, 0) is 0 Å². The van der Waals surface area contributed by atoms with Gasteiger partial charge in [-0.3, -0.25) is 19.2 Å². The fourth-order valence-electron chi connectivity index (χ4n) is 16.0. The summed E-state index contributed by atoms with van der Waals surface area (Å²) in [6, 6.07) is 71.6. The number of benzene rings is 20. The number of hydrogen-bond acceptors (Lipinski definition) is 6. The SMILES string of the molecule is CC#N.CC#N.O=Cc1ccc2ccc3c4ccccc4c4c5c(C=O)ccc6ccc7c8ccccc8c8c1c2c3c4c8c7c65.O=Cc1ccc2ccc3c4ccccc4c4c5c(C=O)ccc6ccc7c8ccccc8c8c1c2c3c4c8c7c65. The Labute approximate surface area is 488 Å². The summed E-state index contributed by atoms with van der Waals surface area (Å²) in [5.41, 5.74) is 2.84. The Kier molecular flexibility index (Phi) is 10.2. The van der Waals surface area contributed by atoms with Crippen molar-refractivity contribution in [3.05, 3.63) is 216 Å². The van der Waals surface area contributed by atoms with Crippen LogP contribution in [0, 0.1) is 22.7 Å². The molecule has 0 saturated carbocycles. The molecule has 396 valence electrons. The van der Waals surface area contributed by atoms with Gasteiger partial charge in [-0.15, -0.1) is 0 Å². The standard InChI is InChI=1S/2C38H18O2.2C2H3N/c2*39-17-21-11-10-20-14-16-28-24-6-2-4-8-26(24)34-32-22(18-40)12-9-19-13-15-27-23-5-1-3-7-25(23)33-31(21)30(20)36(28)38(34)37(33)35(27)29(19)32;2*1-2-3/h2*1-18H;2*1H3. The third-order valence-corrected chi connectivity index (χ3v) is 18.8. The topological polar surface area (TPSA) is 116 Å². The van der Waals surface area contributed by atoms with Crippen LogP contribution in [0.25, 0.3) is 194 Å². The van der Waals surface area contributed by atoms with E-state index >= 15 is 0 Å². The first-order valence-electron chi connectivity index (χ1n) is 28.6. The van der Waals surface area contributed by atoms with E-state index in [0.717, 1.165) is 154 Å². The van der Waals surface area contributed by atoms with Gasteiger partial charge in [0.1, 0.15) is 0 Å². The summed E-state index contributed by atoms with van der Waals surface area (Å²) >= 11 is 0. The first-order chi connectivity index (χ1) is 42.4. The summed E-state index contributed by atoms with van der Waals surface area (Å²) in [5, 5.41) is 55.6. The zero-order chi connectivity index (χ0) is 58.0. The van der Waals surface area contributed by atoms with E-state index in [1.807, 2.05) is 24.3 Å².